The van der Waals surface area contributed by atoms with E-state index in [4.69, 9.17) is 28.9 Å². The normalized spacial score (nSPS) is 15.0. The molecule has 2 unspecified atom stereocenters. The van der Waals surface area contributed by atoms with Gasteiger partial charge in [0.05, 0.1) is 6.10 Å². The first-order chi connectivity index (χ1) is 7.95. The van der Waals surface area contributed by atoms with E-state index >= 15 is 0 Å². The number of aliphatic hydroxyl groups excluding tert-OH is 1. The fraction of sp³-hybridized carbons (Fsp3) is 0.538. The Morgan fingerprint density at radius 2 is 1.94 bits per heavy atom. The summed E-state index contributed by atoms with van der Waals surface area (Å²) in [5.41, 5.74) is 6.54. The summed E-state index contributed by atoms with van der Waals surface area (Å²) in [4.78, 5) is 0. The molecule has 2 nitrogen and oxygen atoms in total. The molecule has 96 valence electrons. The maximum Gasteiger partial charge on any atom is 0.0623 e. The lowest BCUT2D eigenvalue weighted by atomic mass is 9.87. The van der Waals surface area contributed by atoms with Crippen molar-refractivity contribution >= 4 is 23.2 Å². The Labute approximate surface area is 113 Å². The van der Waals surface area contributed by atoms with Crippen LogP contribution in [0.1, 0.15) is 19.4 Å². The average Bonchev–Trinajstić information content (AvgIpc) is 2.24. The van der Waals surface area contributed by atoms with Gasteiger partial charge in [-0.15, -0.1) is 0 Å². The minimum absolute atomic E-state index is 0.0741. The van der Waals surface area contributed by atoms with Gasteiger partial charge in [0.15, 0.2) is 0 Å². The second-order valence-corrected chi connectivity index (χ2v) is 5.49. The van der Waals surface area contributed by atoms with Crippen LogP contribution in [-0.4, -0.2) is 17.8 Å². The molecule has 1 aromatic carbocycles. The third kappa shape index (κ3) is 4.14. The molecule has 2 atom stereocenters. The van der Waals surface area contributed by atoms with Gasteiger partial charge in [0.2, 0.25) is 0 Å². The summed E-state index contributed by atoms with van der Waals surface area (Å²) in [5.74, 6) is 0.415. The number of rotatable bonds is 5. The van der Waals surface area contributed by atoms with E-state index in [0.717, 1.165) is 5.56 Å². The van der Waals surface area contributed by atoms with Gasteiger partial charge in [-0.05, 0) is 42.1 Å². The standard InChI is InChI=1S/C13H19Cl2NO/c1-8(2)11(7-16)13(17)6-9-5-10(14)3-4-12(9)15/h3-5,8,11,13,17H,6-7,16H2,1-2H3. The molecule has 0 saturated carbocycles. The largest absolute Gasteiger partial charge is 0.392 e. The van der Waals surface area contributed by atoms with Gasteiger partial charge in [0, 0.05) is 16.5 Å². The number of nitrogens with two attached hydrogens (primary N) is 1. The highest BCUT2D eigenvalue weighted by atomic mass is 35.5. The summed E-state index contributed by atoms with van der Waals surface area (Å²) in [6.45, 7) is 4.58. The van der Waals surface area contributed by atoms with E-state index in [0.29, 0.717) is 28.9 Å². The van der Waals surface area contributed by atoms with Gasteiger partial charge in [-0.2, -0.15) is 0 Å². The van der Waals surface area contributed by atoms with Gasteiger partial charge in [-0.3, -0.25) is 0 Å². The van der Waals surface area contributed by atoms with E-state index in [2.05, 4.69) is 13.8 Å². The predicted octanol–water partition coefficient (Wildman–Crippen LogP) is 3.13. The fourth-order valence-corrected chi connectivity index (χ4v) is 2.34. The Morgan fingerprint density at radius 3 is 2.47 bits per heavy atom. The van der Waals surface area contributed by atoms with Crippen molar-refractivity contribution in [3.8, 4) is 0 Å². The Balaban J connectivity index is 2.79. The van der Waals surface area contributed by atoms with Crippen molar-refractivity contribution in [1.29, 1.82) is 0 Å². The van der Waals surface area contributed by atoms with Crippen molar-refractivity contribution in [2.24, 2.45) is 17.6 Å². The molecule has 0 fully saturated rings. The van der Waals surface area contributed by atoms with Crippen LogP contribution in [0.5, 0.6) is 0 Å². The van der Waals surface area contributed by atoms with E-state index in [1.54, 1.807) is 18.2 Å². The maximum absolute atomic E-state index is 10.2. The zero-order valence-corrected chi connectivity index (χ0v) is 11.7. The lowest BCUT2D eigenvalue weighted by Crippen LogP contribution is -2.33. The summed E-state index contributed by atoms with van der Waals surface area (Å²) >= 11 is 12.0. The highest BCUT2D eigenvalue weighted by Gasteiger charge is 2.22. The molecule has 3 N–H and O–H groups in total. The van der Waals surface area contributed by atoms with Crippen LogP contribution in [0.3, 0.4) is 0 Å². The third-order valence-corrected chi connectivity index (χ3v) is 3.66. The van der Waals surface area contributed by atoms with Crippen LogP contribution < -0.4 is 5.73 Å². The minimum atomic E-state index is -0.490. The number of halogens is 2. The van der Waals surface area contributed by atoms with Crippen LogP contribution >= 0.6 is 23.2 Å². The second-order valence-electron chi connectivity index (χ2n) is 4.65. The van der Waals surface area contributed by atoms with Crippen LogP contribution in [0.2, 0.25) is 10.0 Å². The van der Waals surface area contributed by atoms with Crippen LogP contribution in [0.15, 0.2) is 18.2 Å². The Kier molecular flexibility index (Phi) is 5.74. The highest BCUT2D eigenvalue weighted by molar-refractivity contribution is 6.33. The summed E-state index contributed by atoms with van der Waals surface area (Å²) in [6, 6.07) is 5.28. The van der Waals surface area contributed by atoms with Gasteiger partial charge in [0.25, 0.3) is 0 Å². The zero-order valence-electron chi connectivity index (χ0n) is 10.2. The quantitative estimate of drug-likeness (QED) is 0.868. The topological polar surface area (TPSA) is 46.2 Å². The molecule has 4 heteroatoms. The first-order valence-corrected chi connectivity index (χ1v) is 6.53. The van der Waals surface area contributed by atoms with Crippen LogP contribution in [0, 0.1) is 11.8 Å². The molecule has 0 aliphatic heterocycles. The van der Waals surface area contributed by atoms with Crippen molar-refractivity contribution in [2.75, 3.05) is 6.54 Å². The molecule has 0 saturated heterocycles. The van der Waals surface area contributed by atoms with Crippen LogP contribution in [0.25, 0.3) is 0 Å². The van der Waals surface area contributed by atoms with E-state index < -0.39 is 6.10 Å². The molecule has 0 spiro atoms. The molecule has 0 heterocycles. The number of hydrogen-bond donors (Lipinski definition) is 2. The molecule has 17 heavy (non-hydrogen) atoms. The molecule has 0 radical (unpaired) electrons. The molecule has 0 amide bonds. The molecular formula is C13H19Cl2NO. The van der Waals surface area contributed by atoms with Crippen LogP contribution in [0.4, 0.5) is 0 Å². The summed E-state index contributed by atoms with van der Waals surface area (Å²) in [5, 5.41) is 11.4. The van der Waals surface area contributed by atoms with Gasteiger partial charge in [-0.1, -0.05) is 37.0 Å². The zero-order chi connectivity index (χ0) is 13.0. The van der Waals surface area contributed by atoms with Gasteiger partial charge in [0.1, 0.15) is 0 Å². The first kappa shape index (κ1) is 14.8. The molecule has 0 bridgehead atoms. The SMILES string of the molecule is CC(C)C(CN)C(O)Cc1cc(Cl)ccc1Cl. The molecule has 1 rings (SSSR count). The average molecular weight is 276 g/mol. The van der Waals surface area contributed by atoms with E-state index in [-0.39, 0.29) is 5.92 Å². The van der Waals surface area contributed by atoms with Gasteiger partial charge in [-0.25, -0.2) is 0 Å². The number of hydrogen-bond acceptors (Lipinski definition) is 2. The number of aliphatic hydroxyl groups is 1. The summed E-state index contributed by atoms with van der Waals surface area (Å²) in [6.07, 6.45) is -0.00429. The lowest BCUT2D eigenvalue weighted by Gasteiger charge is -2.25. The van der Waals surface area contributed by atoms with Crippen molar-refractivity contribution in [3.63, 3.8) is 0 Å². The highest BCUT2D eigenvalue weighted by Crippen LogP contribution is 2.25. The maximum atomic E-state index is 10.2. The van der Waals surface area contributed by atoms with Crippen molar-refractivity contribution < 1.29 is 5.11 Å². The van der Waals surface area contributed by atoms with E-state index in [9.17, 15) is 5.11 Å². The molecule has 0 aliphatic carbocycles. The van der Waals surface area contributed by atoms with E-state index in [1.165, 1.54) is 0 Å². The fourth-order valence-electron chi connectivity index (χ4n) is 1.95. The number of benzene rings is 1. The third-order valence-electron chi connectivity index (χ3n) is 3.06. The van der Waals surface area contributed by atoms with Gasteiger partial charge < -0.3 is 10.8 Å². The summed E-state index contributed by atoms with van der Waals surface area (Å²) in [7, 11) is 0. The van der Waals surface area contributed by atoms with E-state index in [1.807, 2.05) is 0 Å². The lowest BCUT2D eigenvalue weighted by molar-refractivity contribution is 0.0864. The predicted molar refractivity (Wildman–Crippen MR) is 73.6 cm³/mol. The van der Waals surface area contributed by atoms with Crippen LogP contribution in [-0.2, 0) is 6.42 Å². The second kappa shape index (κ2) is 6.60. The smallest absolute Gasteiger partial charge is 0.0623 e. The van der Waals surface area contributed by atoms with Crippen molar-refractivity contribution in [3.05, 3.63) is 33.8 Å². The first-order valence-electron chi connectivity index (χ1n) is 5.77. The monoisotopic (exact) mass is 275 g/mol. The molecular weight excluding hydrogens is 257 g/mol. The minimum Gasteiger partial charge on any atom is -0.392 e. The van der Waals surface area contributed by atoms with Crippen molar-refractivity contribution in [2.45, 2.75) is 26.4 Å². The molecule has 0 aliphatic rings. The van der Waals surface area contributed by atoms with Crippen molar-refractivity contribution in [1.82, 2.24) is 0 Å². The molecule has 1 aromatic rings. The Morgan fingerprint density at radius 1 is 1.29 bits per heavy atom. The Hall–Kier alpha value is -0.280. The Bertz CT molecular complexity index is 368. The summed E-state index contributed by atoms with van der Waals surface area (Å²) < 4.78 is 0. The molecule has 0 aromatic heterocycles. The van der Waals surface area contributed by atoms with Gasteiger partial charge >= 0.3 is 0 Å².